The van der Waals surface area contributed by atoms with Crippen molar-refractivity contribution in [2.75, 3.05) is 0 Å². The highest BCUT2D eigenvalue weighted by molar-refractivity contribution is 4.86. The molecule has 0 bridgehead atoms. The fourth-order valence-electron chi connectivity index (χ4n) is 0.932. The van der Waals surface area contributed by atoms with E-state index in [1.807, 2.05) is 0 Å². The van der Waals surface area contributed by atoms with Crippen LogP contribution >= 0.6 is 0 Å². The van der Waals surface area contributed by atoms with Crippen LogP contribution in [0.1, 0.15) is 0 Å². The second-order valence-corrected chi connectivity index (χ2v) is 2.39. The molecule has 66 valence electrons. The molecule has 0 aromatic heterocycles. The minimum absolute atomic E-state index is 1.35. The Labute approximate surface area is 62.3 Å². The summed E-state index contributed by atoms with van der Waals surface area (Å²) >= 11 is 0. The Morgan fingerprint density at radius 2 is 1.55 bits per heavy atom. The maximum Gasteiger partial charge on any atom is 0.184 e. The number of hydrogen-bond acceptors (Lipinski definition) is 6. The number of ether oxygens (including phenoxy) is 1. The highest BCUT2D eigenvalue weighted by Crippen LogP contribution is 2.20. The molecule has 11 heavy (non-hydrogen) atoms. The Kier molecular flexibility index (Phi) is 2.43. The largest absolute Gasteiger partial charge is 0.387 e. The highest BCUT2D eigenvalue weighted by atomic mass is 16.7. The minimum Gasteiger partial charge on any atom is -0.387 e. The zero-order chi connectivity index (χ0) is 8.59. The van der Waals surface area contributed by atoms with Crippen molar-refractivity contribution in [3.63, 3.8) is 0 Å². The lowest BCUT2D eigenvalue weighted by Crippen LogP contribution is -2.38. The third-order valence-corrected chi connectivity index (χ3v) is 1.57. The summed E-state index contributed by atoms with van der Waals surface area (Å²) in [6.07, 6.45) is -7.76. The van der Waals surface area contributed by atoms with Crippen molar-refractivity contribution in [2.45, 2.75) is 30.9 Å². The fourth-order valence-corrected chi connectivity index (χ4v) is 0.932. The summed E-state index contributed by atoms with van der Waals surface area (Å²) in [6.45, 7) is 0. The van der Waals surface area contributed by atoms with Crippen LogP contribution < -0.4 is 0 Å². The van der Waals surface area contributed by atoms with Crippen molar-refractivity contribution in [3.8, 4) is 0 Å². The Hall–Kier alpha value is -0.240. The summed E-state index contributed by atoms with van der Waals surface area (Å²) < 4.78 is 4.40. The number of aliphatic hydroxyl groups is 5. The Morgan fingerprint density at radius 3 is 1.73 bits per heavy atom. The summed E-state index contributed by atoms with van der Waals surface area (Å²) in [5.41, 5.74) is 0. The zero-order valence-corrected chi connectivity index (χ0v) is 5.53. The monoisotopic (exact) mass is 166 g/mol. The van der Waals surface area contributed by atoms with Gasteiger partial charge >= 0.3 is 0 Å². The van der Waals surface area contributed by atoms with Gasteiger partial charge < -0.3 is 30.3 Å². The molecule has 0 saturated carbocycles. The fraction of sp³-hybridized carbons (Fsp3) is 1.00. The first kappa shape index (κ1) is 8.85. The van der Waals surface area contributed by atoms with Crippen LogP contribution in [-0.4, -0.2) is 56.4 Å². The molecule has 6 heteroatoms. The van der Waals surface area contributed by atoms with Crippen LogP contribution in [0.3, 0.4) is 0 Å². The van der Waals surface area contributed by atoms with E-state index >= 15 is 0 Å². The molecular weight excluding hydrogens is 156 g/mol. The second kappa shape index (κ2) is 3.02. The van der Waals surface area contributed by atoms with Crippen LogP contribution in [-0.2, 0) is 4.74 Å². The van der Waals surface area contributed by atoms with E-state index in [-0.39, 0.29) is 0 Å². The van der Waals surface area contributed by atoms with Gasteiger partial charge in [0.1, 0.15) is 18.3 Å². The predicted molar refractivity (Wildman–Crippen MR) is 31.1 cm³/mol. The average molecular weight is 166 g/mol. The molecule has 6 nitrogen and oxygen atoms in total. The van der Waals surface area contributed by atoms with Gasteiger partial charge in [-0.25, -0.2) is 0 Å². The quantitative estimate of drug-likeness (QED) is 0.261. The van der Waals surface area contributed by atoms with Gasteiger partial charge in [0.2, 0.25) is 0 Å². The van der Waals surface area contributed by atoms with Gasteiger partial charge in [-0.3, -0.25) is 0 Å². The predicted octanol–water partition coefficient (Wildman–Crippen LogP) is -3.26. The molecule has 1 fully saturated rings. The smallest absolute Gasteiger partial charge is 0.184 e. The van der Waals surface area contributed by atoms with E-state index in [4.69, 9.17) is 25.5 Å². The van der Waals surface area contributed by atoms with E-state index in [9.17, 15) is 0 Å². The van der Waals surface area contributed by atoms with Crippen molar-refractivity contribution in [1.82, 2.24) is 0 Å². The summed E-state index contributed by atoms with van der Waals surface area (Å²) in [6, 6.07) is 0. The maximum absolute atomic E-state index is 8.94. The van der Waals surface area contributed by atoms with Gasteiger partial charge in [-0.2, -0.15) is 0 Å². The maximum atomic E-state index is 8.94. The Morgan fingerprint density at radius 1 is 1.00 bits per heavy atom. The minimum atomic E-state index is -1.91. The lowest BCUT2D eigenvalue weighted by molar-refractivity contribution is -0.191. The lowest BCUT2D eigenvalue weighted by Gasteiger charge is -2.15. The van der Waals surface area contributed by atoms with Crippen LogP contribution in [0, 0.1) is 0 Å². The summed E-state index contributed by atoms with van der Waals surface area (Å²) in [5, 5.41) is 43.5. The summed E-state index contributed by atoms with van der Waals surface area (Å²) in [4.78, 5) is 0. The van der Waals surface area contributed by atoms with Gasteiger partial charge in [-0.15, -0.1) is 0 Å². The molecule has 0 aromatic carbocycles. The molecule has 0 aliphatic carbocycles. The van der Waals surface area contributed by atoms with Gasteiger partial charge in [0.25, 0.3) is 0 Å². The van der Waals surface area contributed by atoms with E-state index in [0.717, 1.165) is 0 Å². The SMILES string of the molecule is OC(O)[C@H]1O[C@H](O)[C@H](O)[C@@H]1O. The van der Waals surface area contributed by atoms with E-state index in [1.54, 1.807) is 0 Å². The van der Waals surface area contributed by atoms with Crippen molar-refractivity contribution in [1.29, 1.82) is 0 Å². The second-order valence-electron chi connectivity index (χ2n) is 2.39. The Bertz CT molecular complexity index is 137. The van der Waals surface area contributed by atoms with Crippen LogP contribution in [0.25, 0.3) is 0 Å². The molecule has 5 N–H and O–H groups in total. The van der Waals surface area contributed by atoms with Gasteiger partial charge in [-0.05, 0) is 0 Å². The molecule has 1 heterocycles. The average Bonchev–Trinajstić information content (AvgIpc) is 2.17. The summed E-state index contributed by atoms with van der Waals surface area (Å²) in [5.74, 6) is 0. The van der Waals surface area contributed by atoms with Crippen LogP contribution in [0.15, 0.2) is 0 Å². The number of aliphatic hydroxyl groups excluding tert-OH is 4. The number of rotatable bonds is 1. The molecule has 1 aliphatic heterocycles. The molecule has 1 aliphatic rings. The molecule has 1 rings (SSSR count). The van der Waals surface area contributed by atoms with Crippen molar-refractivity contribution < 1.29 is 30.3 Å². The van der Waals surface area contributed by atoms with E-state index in [2.05, 4.69) is 4.74 Å². The molecular formula is C5H10O6. The van der Waals surface area contributed by atoms with E-state index < -0.39 is 30.9 Å². The highest BCUT2D eigenvalue weighted by Gasteiger charge is 2.44. The Balaban J connectivity index is 2.59. The molecule has 4 atom stereocenters. The van der Waals surface area contributed by atoms with Gasteiger partial charge in [-0.1, -0.05) is 0 Å². The molecule has 0 aromatic rings. The lowest BCUT2D eigenvalue weighted by atomic mass is 10.1. The molecule has 0 radical (unpaired) electrons. The van der Waals surface area contributed by atoms with Gasteiger partial charge in [0, 0.05) is 0 Å². The topological polar surface area (TPSA) is 110 Å². The van der Waals surface area contributed by atoms with Crippen molar-refractivity contribution in [3.05, 3.63) is 0 Å². The molecule has 0 unspecified atom stereocenters. The third kappa shape index (κ3) is 1.51. The van der Waals surface area contributed by atoms with Crippen LogP contribution in [0.4, 0.5) is 0 Å². The van der Waals surface area contributed by atoms with Crippen LogP contribution in [0.5, 0.6) is 0 Å². The van der Waals surface area contributed by atoms with Gasteiger partial charge in [0.05, 0.1) is 0 Å². The first-order valence-corrected chi connectivity index (χ1v) is 3.10. The molecule has 1 saturated heterocycles. The molecule has 0 spiro atoms. The van der Waals surface area contributed by atoms with Crippen molar-refractivity contribution >= 4 is 0 Å². The van der Waals surface area contributed by atoms with E-state index in [0.29, 0.717) is 0 Å². The third-order valence-electron chi connectivity index (χ3n) is 1.57. The van der Waals surface area contributed by atoms with Gasteiger partial charge in [0.15, 0.2) is 12.6 Å². The van der Waals surface area contributed by atoms with Crippen LogP contribution in [0.2, 0.25) is 0 Å². The van der Waals surface area contributed by atoms with E-state index in [1.165, 1.54) is 0 Å². The summed E-state index contributed by atoms with van der Waals surface area (Å²) in [7, 11) is 0. The zero-order valence-electron chi connectivity index (χ0n) is 5.53. The normalized spacial score (nSPS) is 45.3. The first-order chi connectivity index (χ1) is 5.04. The standard InChI is InChI=1S/C5H10O6/c6-1-2(7)5(10)11-3(1)4(8)9/h1-10H/t1-,2+,3-,5-/m0/s1. The number of hydrogen-bond donors (Lipinski definition) is 5. The molecule has 0 amide bonds. The van der Waals surface area contributed by atoms with Crippen molar-refractivity contribution in [2.24, 2.45) is 0 Å². The first-order valence-electron chi connectivity index (χ1n) is 3.10.